The van der Waals surface area contributed by atoms with Crippen LogP contribution >= 0.6 is 38.9 Å². The van der Waals surface area contributed by atoms with E-state index in [4.69, 9.17) is 17.3 Å². The summed E-state index contributed by atoms with van der Waals surface area (Å²) in [5, 5.41) is 0.734. The summed E-state index contributed by atoms with van der Waals surface area (Å²) >= 11 is 11.2. The van der Waals surface area contributed by atoms with Crippen molar-refractivity contribution in [2.24, 2.45) is 5.73 Å². The number of hydrogen-bond acceptors (Lipinski definition) is 2. The lowest BCUT2D eigenvalue weighted by Crippen LogP contribution is -2.05. The lowest BCUT2D eigenvalue weighted by Gasteiger charge is -2.04. The van der Waals surface area contributed by atoms with Crippen molar-refractivity contribution < 1.29 is 0 Å². The van der Waals surface area contributed by atoms with Crippen molar-refractivity contribution in [3.05, 3.63) is 44.7 Å². The van der Waals surface area contributed by atoms with Gasteiger partial charge >= 0.3 is 0 Å². The van der Waals surface area contributed by atoms with E-state index in [1.807, 2.05) is 12.1 Å². The van der Waals surface area contributed by atoms with Crippen molar-refractivity contribution in [1.82, 2.24) is 0 Å². The second-order valence-corrected chi connectivity index (χ2v) is 6.22. The molecule has 0 fully saturated rings. The number of rotatable bonds is 3. The van der Waals surface area contributed by atoms with Gasteiger partial charge in [0.25, 0.3) is 0 Å². The second kappa shape index (κ2) is 5.53. The van der Waals surface area contributed by atoms with Gasteiger partial charge in [0.15, 0.2) is 0 Å². The van der Waals surface area contributed by atoms with E-state index < -0.39 is 0 Å². The van der Waals surface area contributed by atoms with Crippen LogP contribution in [0.5, 0.6) is 0 Å². The lowest BCUT2D eigenvalue weighted by atomic mass is 10.2. The van der Waals surface area contributed by atoms with E-state index in [1.165, 1.54) is 9.75 Å². The fraction of sp³-hybridized carbons (Fsp3) is 0.231. The molecule has 0 spiro atoms. The van der Waals surface area contributed by atoms with Crippen molar-refractivity contribution in [2.45, 2.75) is 19.4 Å². The maximum absolute atomic E-state index is 6.09. The molecule has 0 aliphatic heterocycles. The Bertz CT molecular complexity index is 524. The van der Waals surface area contributed by atoms with Gasteiger partial charge in [-0.2, -0.15) is 0 Å². The van der Waals surface area contributed by atoms with Crippen LogP contribution in [0.25, 0.3) is 10.4 Å². The summed E-state index contributed by atoms with van der Waals surface area (Å²) in [6.07, 6.45) is 0.959. The third kappa shape index (κ3) is 2.91. The van der Waals surface area contributed by atoms with Crippen LogP contribution in [0.1, 0.15) is 24.3 Å². The van der Waals surface area contributed by atoms with E-state index in [-0.39, 0.29) is 6.04 Å². The first kappa shape index (κ1) is 13.1. The van der Waals surface area contributed by atoms with Crippen molar-refractivity contribution in [2.75, 3.05) is 0 Å². The largest absolute Gasteiger partial charge is 0.323 e. The Morgan fingerprint density at radius 3 is 2.76 bits per heavy atom. The summed E-state index contributed by atoms with van der Waals surface area (Å²) in [5.41, 5.74) is 7.15. The number of benzene rings is 1. The fourth-order valence-corrected chi connectivity index (χ4v) is 3.07. The summed E-state index contributed by atoms with van der Waals surface area (Å²) in [6.45, 7) is 2.10. The number of hydrogen-bond donors (Lipinski definition) is 1. The van der Waals surface area contributed by atoms with Gasteiger partial charge in [0.2, 0.25) is 0 Å². The highest BCUT2D eigenvalue weighted by molar-refractivity contribution is 9.10. The molecule has 0 aliphatic carbocycles. The monoisotopic (exact) mass is 329 g/mol. The highest BCUT2D eigenvalue weighted by Gasteiger charge is 2.09. The summed E-state index contributed by atoms with van der Waals surface area (Å²) in [4.78, 5) is 2.43. The molecule has 90 valence electrons. The number of thiophene rings is 1. The predicted molar refractivity (Wildman–Crippen MR) is 79.7 cm³/mol. The highest BCUT2D eigenvalue weighted by Crippen LogP contribution is 2.34. The third-order valence-corrected chi connectivity index (χ3v) is 5.13. The van der Waals surface area contributed by atoms with E-state index in [0.29, 0.717) is 0 Å². The standard InChI is InChI=1S/C13H13BrClNS/c1-2-11(16)13-6-5-12(17-13)8-3-4-9(14)10(15)7-8/h3-7,11H,2,16H2,1H3. The van der Waals surface area contributed by atoms with Crippen LogP contribution in [-0.2, 0) is 0 Å². The predicted octanol–water partition coefficient (Wildman–Crippen LogP) is 5.24. The minimum absolute atomic E-state index is 0.139. The van der Waals surface area contributed by atoms with Crippen LogP contribution in [0.15, 0.2) is 34.8 Å². The molecule has 1 atom stereocenters. The van der Waals surface area contributed by atoms with Gasteiger partial charge in [-0.25, -0.2) is 0 Å². The molecule has 0 amide bonds. The molecule has 1 nitrogen and oxygen atoms in total. The van der Waals surface area contributed by atoms with Gasteiger partial charge in [-0.3, -0.25) is 0 Å². The molecule has 0 saturated carbocycles. The van der Waals surface area contributed by atoms with Crippen molar-refractivity contribution >= 4 is 38.9 Å². The van der Waals surface area contributed by atoms with Gasteiger partial charge < -0.3 is 5.73 Å². The van der Waals surface area contributed by atoms with Crippen molar-refractivity contribution in [3.63, 3.8) is 0 Å². The first-order valence-electron chi connectivity index (χ1n) is 5.42. The lowest BCUT2D eigenvalue weighted by molar-refractivity contribution is 0.712. The zero-order valence-electron chi connectivity index (χ0n) is 9.41. The number of halogens is 2. The van der Waals surface area contributed by atoms with Gasteiger partial charge in [-0.05, 0) is 52.2 Å². The van der Waals surface area contributed by atoms with E-state index in [1.54, 1.807) is 11.3 Å². The fourth-order valence-electron chi connectivity index (χ4n) is 1.56. The van der Waals surface area contributed by atoms with Crippen LogP contribution in [0.2, 0.25) is 5.02 Å². The molecule has 17 heavy (non-hydrogen) atoms. The van der Waals surface area contributed by atoms with Gasteiger partial charge in [-0.1, -0.05) is 24.6 Å². The molecule has 1 aromatic carbocycles. The van der Waals surface area contributed by atoms with Crippen LogP contribution in [0.3, 0.4) is 0 Å². The second-order valence-electron chi connectivity index (χ2n) is 3.85. The Morgan fingerprint density at radius 1 is 1.35 bits per heavy atom. The van der Waals surface area contributed by atoms with Crippen LogP contribution in [0, 0.1) is 0 Å². The molecular formula is C13H13BrClNS. The topological polar surface area (TPSA) is 26.0 Å². The Kier molecular flexibility index (Phi) is 4.26. The maximum Gasteiger partial charge on any atom is 0.0554 e. The minimum Gasteiger partial charge on any atom is -0.323 e. The minimum atomic E-state index is 0.139. The zero-order chi connectivity index (χ0) is 12.4. The molecule has 2 N–H and O–H groups in total. The van der Waals surface area contributed by atoms with Gasteiger partial charge in [0, 0.05) is 20.3 Å². The van der Waals surface area contributed by atoms with Crippen LogP contribution < -0.4 is 5.73 Å². The normalized spacial score (nSPS) is 12.7. The summed E-state index contributed by atoms with van der Waals surface area (Å²) in [7, 11) is 0. The molecule has 2 rings (SSSR count). The molecule has 1 heterocycles. The average Bonchev–Trinajstić information content (AvgIpc) is 2.81. The zero-order valence-corrected chi connectivity index (χ0v) is 12.6. The Labute approximate surface area is 119 Å². The maximum atomic E-state index is 6.09. The molecule has 1 unspecified atom stereocenters. The van der Waals surface area contributed by atoms with Crippen molar-refractivity contribution in [3.8, 4) is 10.4 Å². The third-order valence-electron chi connectivity index (χ3n) is 2.64. The van der Waals surface area contributed by atoms with E-state index in [9.17, 15) is 0 Å². The summed E-state index contributed by atoms with van der Waals surface area (Å²) in [6, 6.07) is 10.3. The Morgan fingerprint density at radius 2 is 2.12 bits per heavy atom. The first-order valence-corrected chi connectivity index (χ1v) is 7.41. The van der Waals surface area contributed by atoms with Crippen molar-refractivity contribution in [1.29, 1.82) is 0 Å². The Balaban J connectivity index is 2.33. The smallest absolute Gasteiger partial charge is 0.0554 e. The molecular weight excluding hydrogens is 318 g/mol. The van der Waals surface area contributed by atoms with Crippen LogP contribution in [0.4, 0.5) is 0 Å². The molecule has 0 radical (unpaired) electrons. The molecule has 0 bridgehead atoms. The SMILES string of the molecule is CCC(N)c1ccc(-c2ccc(Br)c(Cl)c2)s1. The molecule has 4 heteroatoms. The quantitative estimate of drug-likeness (QED) is 0.818. The van der Waals surface area contributed by atoms with Gasteiger partial charge in [0.05, 0.1) is 5.02 Å². The van der Waals surface area contributed by atoms with E-state index in [0.717, 1.165) is 21.5 Å². The summed E-state index contributed by atoms with van der Waals surface area (Å²) < 4.78 is 0.921. The van der Waals surface area contributed by atoms with Gasteiger partial charge in [-0.15, -0.1) is 11.3 Å². The first-order chi connectivity index (χ1) is 8.11. The highest BCUT2D eigenvalue weighted by atomic mass is 79.9. The Hall–Kier alpha value is -0.350. The number of nitrogens with two attached hydrogens (primary N) is 1. The molecule has 0 saturated heterocycles. The molecule has 2 aromatic rings. The average molecular weight is 331 g/mol. The summed E-state index contributed by atoms with van der Waals surface area (Å²) in [5.74, 6) is 0. The van der Waals surface area contributed by atoms with E-state index >= 15 is 0 Å². The van der Waals surface area contributed by atoms with Gasteiger partial charge in [0.1, 0.15) is 0 Å². The molecule has 1 aromatic heterocycles. The van der Waals surface area contributed by atoms with E-state index in [2.05, 4.69) is 41.1 Å². The van der Waals surface area contributed by atoms with Crippen LogP contribution in [-0.4, -0.2) is 0 Å². The molecule has 0 aliphatic rings.